The standard InChI is InChI=1S/C21H15N5O3S/c27-20(25-21-24-18(13-30-21)15-5-4-10-22-12-15)14-8-9-17(19(11-14)26(28)29)23-16-6-2-1-3-7-16/h1-13,23H,(H,24,25,27). The number of nitrogens with one attached hydrogen (secondary N) is 2. The molecule has 0 bridgehead atoms. The Labute approximate surface area is 175 Å². The molecule has 0 radical (unpaired) electrons. The van der Waals surface area contributed by atoms with Gasteiger partial charge in [-0.1, -0.05) is 18.2 Å². The Kier molecular flexibility index (Phi) is 5.44. The van der Waals surface area contributed by atoms with Crippen LogP contribution in [-0.2, 0) is 0 Å². The molecule has 9 heteroatoms. The Morgan fingerprint density at radius 1 is 1.07 bits per heavy atom. The van der Waals surface area contributed by atoms with Crippen molar-refractivity contribution in [1.82, 2.24) is 9.97 Å². The summed E-state index contributed by atoms with van der Waals surface area (Å²) in [5, 5.41) is 19.4. The number of benzene rings is 2. The minimum Gasteiger partial charge on any atom is -0.350 e. The molecule has 0 fully saturated rings. The number of thiazole rings is 1. The van der Waals surface area contributed by atoms with E-state index in [9.17, 15) is 14.9 Å². The second-order valence-corrected chi connectivity index (χ2v) is 7.07. The minimum absolute atomic E-state index is 0.165. The first-order valence-electron chi connectivity index (χ1n) is 8.88. The predicted molar refractivity (Wildman–Crippen MR) is 116 cm³/mol. The summed E-state index contributed by atoms with van der Waals surface area (Å²) < 4.78 is 0. The third-order valence-electron chi connectivity index (χ3n) is 4.19. The molecular formula is C21H15N5O3S. The van der Waals surface area contributed by atoms with Crippen LogP contribution in [0.15, 0.2) is 78.4 Å². The topological polar surface area (TPSA) is 110 Å². The zero-order valence-electron chi connectivity index (χ0n) is 15.5. The fourth-order valence-corrected chi connectivity index (χ4v) is 3.47. The van der Waals surface area contributed by atoms with Crippen LogP contribution in [0.4, 0.5) is 22.2 Å². The van der Waals surface area contributed by atoms with Gasteiger partial charge in [-0.2, -0.15) is 0 Å². The number of carbonyl (C=O) groups is 1. The molecule has 0 aliphatic rings. The van der Waals surface area contributed by atoms with Gasteiger partial charge in [-0.15, -0.1) is 11.3 Å². The summed E-state index contributed by atoms with van der Waals surface area (Å²) in [5.41, 5.74) is 2.51. The molecule has 1 amide bonds. The van der Waals surface area contributed by atoms with Crippen LogP contribution in [-0.4, -0.2) is 20.8 Å². The van der Waals surface area contributed by atoms with Crippen LogP contribution in [0.1, 0.15) is 10.4 Å². The van der Waals surface area contributed by atoms with E-state index in [0.29, 0.717) is 22.2 Å². The average molecular weight is 417 g/mol. The first-order chi connectivity index (χ1) is 14.6. The number of anilines is 3. The summed E-state index contributed by atoms with van der Waals surface area (Å²) in [5.74, 6) is -0.476. The molecular weight excluding hydrogens is 402 g/mol. The highest BCUT2D eigenvalue weighted by molar-refractivity contribution is 7.14. The smallest absolute Gasteiger partial charge is 0.293 e. The molecule has 4 rings (SSSR count). The molecule has 0 aliphatic heterocycles. The summed E-state index contributed by atoms with van der Waals surface area (Å²) in [6.07, 6.45) is 3.35. The summed E-state index contributed by atoms with van der Waals surface area (Å²) >= 11 is 1.27. The van der Waals surface area contributed by atoms with Crippen molar-refractivity contribution in [1.29, 1.82) is 0 Å². The van der Waals surface area contributed by atoms with E-state index in [1.165, 1.54) is 29.5 Å². The first kappa shape index (κ1) is 19.2. The number of amides is 1. The Balaban J connectivity index is 1.54. The molecule has 0 saturated carbocycles. The molecule has 0 atom stereocenters. The molecule has 2 heterocycles. The van der Waals surface area contributed by atoms with Gasteiger partial charge in [-0.25, -0.2) is 4.98 Å². The number of pyridine rings is 1. The molecule has 2 aromatic carbocycles. The van der Waals surface area contributed by atoms with Gasteiger partial charge in [0.25, 0.3) is 11.6 Å². The summed E-state index contributed by atoms with van der Waals surface area (Å²) in [6.45, 7) is 0. The van der Waals surface area contributed by atoms with Gasteiger partial charge in [0.15, 0.2) is 5.13 Å². The second kappa shape index (κ2) is 8.50. The first-order valence-corrected chi connectivity index (χ1v) is 9.76. The van der Waals surface area contributed by atoms with E-state index in [-0.39, 0.29) is 11.3 Å². The highest BCUT2D eigenvalue weighted by atomic mass is 32.1. The second-order valence-electron chi connectivity index (χ2n) is 6.21. The van der Waals surface area contributed by atoms with E-state index in [2.05, 4.69) is 20.6 Å². The van der Waals surface area contributed by atoms with Crippen molar-refractivity contribution in [3.63, 3.8) is 0 Å². The Bertz CT molecular complexity index is 1200. The van der Waals surface area contributed by atoms with Crippen LogP contribution >= 0.6 is 11.3 Å². The molecule has 8 nitrogen and oxygen atoms in total. The van der Waals surface area contributed by atoms with Crippen molar-refractivity contribution in [3.05, 3.63) is 94.1 Å². The fourth-order valence-electron chi connectivity index (χ4n) is 2.75. The van der Waals surface area contributed by atoms with E-state index in [0.717, 1.165) is 5.56 Å². The predicted octanol–water partition coefficient (Wildman–Crippen LogP) is 5.11. The Morgan fingerprint density at radius 3 is 2.63 bits per heavy atom. The quantitative estimate of drug-likeness (QED) is 0.333. The zero-order valence-corrected chi connectivity index (χ0v) is 16.3. The van der Waals surface area contributed by atoms with Crippen molar-refractivity contribution < 1.29 is 9.72 Å². The molecule has 2 N–H and O–H groups in total. The van der Waals surface area contributed by atoms with Gasteiger partial charge < -0.3 is 5.32 Å². The number of hydrogen-bond donors (Lipinski definition) is 2. The van der Waals surface area contributed by atoms with E-state index < -0.39 is 10.8 Å². The van der Waals surface area contributed by atoms with E-state index >= 15 is 0 Å². The van der Waals surface area contributed by atoms with E-state index in [4.69, 9.17) is 0 Å². The third-order valence-corrected chi connectivity index (χ3v) is 4.95. The van der Waals surface area contributed by atoms with Gasteiger partial charge in [0, 0.05) is 40.7 Å². The van der Waals surface area contributed by atoms with Crippen molar-refractivity contribution in [3.8, 4) is 11.3 Å². The number of nitro groups is 1. The molecule has 0 saturated heterocycles. The van der Waals surface area contributed by atoms with Gasteiger partial charge in [0.05, 0.1) is 10.6 Å². The fraction of sp³-hybridized carbons (Fsp3) is 0. The maximum Gasteiger partial charge on any atom is 0.293 e. The van der Waals surface area contributed by atoms with Crippen LogP contribution < -0.4 is 10.6 Å². The van der Waals surface area contributed by atoms with E-state index in [1.54, 1.807) is 30.6 Å². The van der Waals surface area contributed by atoms with Gasteiger partial charge in [-0.3, -0.25) is 25.2 Å². The van der Waals surface area contributed by atoms with Crippen LogP contribution in [0.25, 0.3) is 11.3 Å². The summed E-state index contributed by atoms with van der Waals surface area (Å²) in [7, 11) is 0. The van der Waals surface area contributed by atoms with Crippen LogP contribution in [0.5, 0.6) is 0 Å². The summed E-state index contributed by atoms with van der Waals surface area (Å²) in [6, 6.07) is 17.1. The highest BCUT2D eigenvalue weighted by Gasteiger charge is 2.19. The van der Waals surface area contributed by atoms with Gasteiger partial charge in [0.2, 0.25) is 0 Å². The minimum atomic E-state index is -0.522. The number of rotatable bonds is 6. The van der Waals surface area contributed by atoms with Crippen LogP contribution in [0, 0.1) is 10.1 Å². The number of nitro benzene ring substituents is 1. The maximum absolute atomic E-state index is 12.6. The lowest BCUT2D eigenvalue weighted by atomic mass is 10.1. The molecule has 0 unspecified atom stereocenters. The lowest BCUT2D eigenvalue weighted by Gasteiger charge is -2.08. The molecule has 2 aromatic heterocycles. The van der Waals surface area contributed by atoms with Gasteiger partial charge >= 0.3 is 0 Å². The number of aromatic nitrogens is 2. The van der Waals surface area contributed by atoms with Crippen LogP contribution in [0.2, 0.25) is 0 Å². The average Bonchev–Trinajstić information content (AvgIpc) is 3.23. The Hall–Kier alpha value is -4.11. The van der Waals surface area contributed by atoms with Crippen molar-refractivity contribution in [2.45, 2.75) is 0 Å². The SMILES string of the molecule is O=C(Nc1nc(-c2cccnc2)cs1)c1ccc(Nc2ccccc2)c([N+](=O)[O-])c1. The molecule has 30 heavy (non-hydrogen) atoms. The third kappa shape index (κ3) is 4.31. The normalized spacial score (nSPS) is 10.4. The van der Waals surface area contributed by atoms with Crippen molar-refractivity contribution in [2.24, 2.45) is 0 Å². The van der Waals surface area contributed by atoms with Crippen molar-refractivity contribution >= 4 is 39.4 Å². The number of nitrogens with zero attached hydrogens (tertiary/aromatic N) is 3. The lowest BCUT2D eigenvalue weighted by Crippen LogP contribution is -2.12. The van der Waals surface area contributed by atoms with Gasteiger partial charge in [-0.05, 0) is 36.4 Å². The van der Waals surface area contributed by atoms with Crippen molar-refractivity contribution in [2.75, 3.05) is 10.6 Å². The molecule has 4 aromatic rings. The monoisotopic (exact) mass is 417 g/mol. The van der Waals surface area contributed by atoms with Gasteiger partial charge in [0.1, 0.15) is 5.69 Å². The zero-order chi connectivity index (χ0) is 20.9. The van der Waals surface area contributed by atoms with Crippen LogP contribution in [0.3, 0.4) is 0 Å². The highest BCUT2D eigenvalue weighted by Crippen LogP contribution is 2.29. The Morgan fingerprint density at radius 2 is 1.90 bits per heavy atom. The maximum atomic E-state index is 12.6. The molecule has 148 valence electrons. The lowest BCUT2D eigenvalue weighted by molar-refractivity contribution is -0.383. The molecule has 0 aliphatic carbocycles. The largest absolute Gasteiger partial charge is 0.350 e. The molecule has 0 spiro atoms. The van der Waals surface area contributed by atoms with E-state index in [1.807, 2.05) is 29.6 Å². The summed E-state index contributed by atoms with van der Waals surface area (Å²) in [4.78, 5) is 32.0. The number of carbonyl (C=O) groups excluding carboxylic acids is 1. The number of hydrogen-bond acceptors (Lipinski definition) is 7. The number of para-hydroxylation sites is 1.